The Balaban J connectivity index is 0.761. The molecule has 0 atom stereocenters. The molecule has 16 aromatic carbocycles. The van der Waals surface area contributed by atoms with Crippen molar-refractivity contribution in [1.29, 1.82) is 0 Å². The highest BCUT2D eigenvalue weighted by Crippen LogP contribution is 2.49. The average molecular weight is 1470 g/mol. The third-order valence-corrected chi connectivity index (χ3v) is 23.3. The number of aryl methyl sites for hydroxylation is 13. The molecule has 0 bridgehead atoms. The number of nitrogens with zero attached hydrogens (tertiary/aromatic N) is 2. The van der Waals surface area contributed by atoms with Gasteiger partial charge in [0.05, 0.1) is 11.4 Å². The van der Waals surface area contributed by atoms with Gasteiger partial charge >= 0.3 is 0 Å². The van der Waals surface area contributed by atoms with Gasteiger partial charge in [-0.25, -0.2) is 0 Å². The molecule has 2 heteroatoms. The molecule has 0 unspecified atom stereocenters. The lowest BCUT2D eigenvalue weighted by molar-refractivity contribution is 0.641. The second-order valence-electron chi connectivity index (χ2n) is 32.8. The van der Waals surface area contributed by atoms with Gasteiger partial charge in [-0.3, -0.25) is 0 Å². The highest BCUT2D eigenvalue weighted by atomic mass is 15.2. The van der Waals surface area contributed by atoms with Crippen molar-refractivity contribution in [2.24, 2.45) is 0 Å². The summed E-state index contributed by atoms with van der Waals surface area (Å²) in [5.41, 5.74) is 48.8. The van der Waals surface area contributed by atoms with E-state index in [1.807, 2.05) is 0 Å². The molecule has 558 valence electrons. The van der Waals surface area contributed by atoms with Crippen LogP contribution >= 0.6 is 0 Å². The number of para-hydroxylation sites is 2. The zero-order valence-corrected chi connectivity index (χ0v) is 68.6. The first-order valence-electron chi connectivity index (χ1n) is 40.2. The van der Waals surface area contributed by atoms with Crippen molar-refractivity contribution >= 4 is 34.1 Å². The molecule has 16 aromatic rings. The molecule has 0 radical (unpaired) electrons. The average Bonchev–Trinajstić information content (AvgIpc) is 0.766. The van der Waals surface area contributed by atoms with Gasteiger partial charge in [0, 0.05) is 39.3 Å². The van der Waals surface area contributed by atoms with E-state index in [0.717, 1.165) is 56.4 Å². The van der Waals surface area contributed by atoms with E-state index in [2.05, 4.69) is 447 Å². The molecule has 0 saturated heterocycles. The summed E-state index contributed by atoms with van der Waals surface area (Å²) in [5, 5.41) is 0. The van der Waals surface area contributed by atoms with Crippen molar-refractivity contribution < 1.29 is 0 Å². The van der Waals surface area contributed by atoms with E-state index in [4.69, 9.17) is 0 Å². The third kappa shape index (κ3) is 15.5. The standard InChI is InChI=1S/C112H100N2/c1-71-51-72(2)56-93(55-71)86-23-20-26-89(63-86)106-67-99(47-34-80(106)10)113(100-48-35-81(11)107(68-100)90-27-21-24-87(64-90)94-57-73(3)52-74(4)58-94)110-31-18-16-29-103(110)84-39-43-97(44-40-84)112(14,15)98-45-41-85(42-46-98)104-30-17-19-32-111(104)114(101-49-36-82(12)108(69-101)91-28-22-25-88(65-91)95-59-75(5)53-76(6)60-95)102-50-37-83(13)109(70-102)92-38-33-79(9)105(66-92)96-61-77(7)54-78(8)62-96/h16-70H,1-15H3. The van der Waals surface area contributed by atoms with E-state index < -0.39 is 0 Å². The Morgan fingerprint density at radius 2 is 0.412 bits per heavy atom. The summed E-state index contributed by atoms with van der Waals surface area (Å²) in [6.45, 7) is 33.4. The lowest BCUT2D eigenvalue weighted by Gasteiger charge is -2.30. The van der Waals surface area contributed by atoms with Gasteiger partial charge in [-0.2, -0.15) is 0 Å². The van der Waals surface area contributed by atoms with Crippen molar-refractivity contribution in [3.05, 3.63) is 417 Å². The number of benzene rings is 16. The van der Waals surface area contributed by atoms with Crippen LogP contribution in [0, 0.1) is 90.0 Å². The number of hydrogen-bond acceptors (Lipinski definition) is 2. The maximum Gasteiger partial charge on any atom is 0.0540 e. The smallest absolute Gasteiger partial charge is 0.0540 e. The van der Waals surface area contributed by atoms with Crippen LogP contribution in [-0.4, -0.2) is 0 Å². The number of hydrogen-bond donors (Lipinski definition) is 0. The van der Waals surface area contributed by atoms with Crippen molar-refractivity contribution in [3.63, 3.8) is 0 Å². The van der Waals surface area contributed by atoms with E-state index in [0.29, 0.717) is 0 Å². The Morgan fingerprint density at radius 1 is 0.167 bits per heavy atom. The first kappa shape index (κ1) is 75.2. The summed E-state index contributed by atoms with van der Waals surface area (Å²) in [5.74, 6) is 0. The van der Waals surface area contributed by atoms with E-state index >= 15 is 0 Å². The molecule has 0 spiro atoms. The monoisotopic (exact) mass is 1470 g/mol. The summed E-state index contributed by atoms with van der Waals surface area (Å²) in [6.07, 6.45) is 0. The minimum atomic E-state index is -0.351. The summed E-state index contributed by atoms with van der Waals surface area (Å²) >= 11 is 0. The first-order chi connectivity index (χ1) is 55.0. The Kier molecular flexibility index (Phi) is 20.7. The van der Waals surface area contributed by atoms with Crippen molar-refractivity contribution in [1.82, 2.24) is 0 Å². The summed E-state index contributed by atoms with van der Waals surface area (Å²) < 4.78 is 0. The SMILES string of the molecule is Cc1cc(C)cc(-c2cccc(-c3cc(N(c4ccc(C)c(-c5cccc(-c6cc(C)cc(C)c6)c5)c4)c4ccccc4-c4ccc(C(C)(C)c5ccc(-c6ccccc6N(c6ccc(C)c(-c7cccc(-c8cc(C)cc(C)c8)c7)c6)c6ccc(C)c(-c7ccc(C)c(-c8cc(C)cc(C)c8)c7)c6)cc5)cc4)ccc3C)c2)c1. The van der Waals surface area contributed by atoms with Crippen LogP contribution in [0.3, 0.4) is 0 Å². The summed E-state index contributed by atoms with van der Waals surface area (Å²) in [4.78, 5) is 4.97. The molecule has 0 aliphatic carbocycles. The second-order valence-corrected chi connectivity index (χ2v) is 32.8. The van der Waals surface area contributed by atoms with Gasteiger partial charge < -0.3 is 9.80 Å². The van der Waals surface area contributed by atoms with Gasteiger partial charge in [-0.15, -0.1) is 0 Å². The lowest BCUT2D eigenvalue weighted by Crippen LogP contribution is -2.18. The molecule has 0 heterocycles. The largest absolute Gasteiger partial charge is 0.310 e. The Hall–Kier alpha value is -12.9. The summed E-state index contributed by atoms with van der Waals surface area (Å²) in [6, 6.07) is 126. The number of rotatable bonds is 18. The van der Waals surface area contributed by atoms with Crippen LogP contribution in [0.4, 0.5) is 34.1 Å². The van der Waals surface area contributed by atoms with E-state index in [-0.39, 0.29) is 5.41 Å². The van der Waals surface area contributed by atoms with Crippen LogP contribution in [0.15, 0.2) is 334 Å². The maximum atomic E-state index is 2.49. The highest BCUT2D eigenvalue weighted by Gasteiger charge is 2.27. The van der Waals surface area contributed by atoms with Gasteiger partial charge in [0.1, 0.15) is 0 Å². The van der Waals surface area contributed by atoms with Gasteiger partial charge in [-0.1, -0.05) is 307 Å². The van der Waals surface area contributed by atoms with Gasteiger partial charge in [0.25, 0.3) is 0 Å². The zero-order chi connectivity index (χ0) is 79.2. The van der Waals surface area contributed by atoms with Crippen LogP contribution in [0.2, 0.25) is 0 Å². The van der Waals surface area contributed by atoms with Crippen LogP contribution in [0.1, 0.15) is 97.3 Å². The third-order valence-electron chi connectivity index (χ3n) is 23.3. The summed E-state index contributed by atoms with van der Waals surface area (Å²) in [7, 11) is 0. The van der Waals surface area contributed by atoms with Gasteiger partial charge in [-0.05, 0) is 314 Å². The van der Waals surface area contributed by atoms with Crippen LogP contribution < -0.4 is 9.80 Å². The molecular weight excluding hydrogens is 1370 g/mol. The normalized spacial score (nSPS) is 11.5. The van der Waals surface area contributed by atoms with Crippen LogP contribution in [-0.2, 0) is 5.41 Å². The molecule has 0 aliphatic heterocycles. The topological polar surface area (TPSA) is 6.48 Å². The molecule has 0 saturated carbocycles. The predicted octanol–water partition coefficient (Wildman–Crippen LogP) is 31.6. The fraction of sp³-hybridized carbons (Fsp3) is 0.143. The zero-order valence-electron chi connectivity index (χ0n) is 68.6. The van der Waals surface area contributed by atoms with Crippen LogP contribution in [0.5, 0.6) is 0 Å². The second kappa shape index (κ2) is 31.4. The molecule has 0 aromatic heterocycles. The van der Waals surface area contributed by atoms with Gasteiger partial charge in [0.2, 0.25) is 0 Å². The molecule has 0 amide bonds. The van der Waals surface area contributed by atoms with Crippen molar-refractivity contribution in [2.75, 3.05) is 9.80 Å². The number of anilines is 6. The van der Waals surface area contributed by atoms with E-state index in [9.17, 15) is 0 Å². The Morgan fingerprint density at radius 3 is 0.719 bits per heavy atom. The predicted molar refractivity (Wildman–Crippen MR) is 490 cm³/mol. The van der Waals surface area contributed by atoms with E-state index in [1.54, 1.807) is 0 Å². The lowest BCUT2D eigenvalue weighted by atomic mass is 9.77. The van der Waals surface area contributed by atoms with Crippen molar-refractivity contribution in [2.45, 2.75) is 109 Å². The first-order valence-corrected chi connectivity index (χ1v) is 40.2. The molecule has 0 aliphatic rings. The Labute approximate surface area is 677 Å². The minimum Gasteiger partial charge on any atom is -0.310 e. The van der Waals surface area contributed by atoms with Crippen molar-refractivity contribution in [3.8, 4) is 111 Å². The van der Waals surface area contributed by atoms with Crippen LogP contribution in [0.25, 0.3) is 111 Å². The molecule has 16 rings (SSSR count). The molecule has 114 heavy (non-hydrogen) atoms. The van der Waals surface area contributed by atoms with E-state index in [1.165, 1.54) is 172 Å². The highest BCUT2D eigenvalue weighted by molar-refractivity contribution is 5.94. The quantitative estimate of drug-likeness (QED) is 0.0845. The Bertz CT molecular complexity index is 6130. The molecule has 0 N–H and O–H groups in total. The molecule has 0 fully saturated rings. The minimum absolute atomic E-state index is 0.351. The van der Waals surface area contributed by atoms with Gasteiger partial charge in [0.15, 0.2) is 0 Å². The maximum absolute atomic E-state index is 2.49. The molecular formula is C112H100N2. The fourth-order valence-electron chi connectivity index (χ4n) is 17.5. The molecule has 2 nitrogen and oxygen atoms in total. The fourth-order valence-corrected chi connectivity index (χ4v) is 17.5.